The van der Waals surface area contributed by atoms with Crippen LogP contribution in [0, 0.1) is 0 Å². The van der Waals surface area contributed by atoms with Gasteiger partial charge in [0.25, 0.3) is 11.9 Å². The van der Waals surface area contributed by atoms with Crippen LogP contribution in [0.2, 0.25) is 0 Å². The molecule has 0 bridgehead atoms. The maximum absolute atomic E-state index is 12.2. The van der Waals surface area contributed by atoms with Crippen LogP contribution >= 0.6 is 0 Å². The number of fused-ring (bicyclic) bond motifs is 1. The average Bonchev–Trinajstić information content (AvgIpc) is 2.97. The smallest absolute Gasteiger partial charge is 0.291 e. The zero-order chi connectivity index (χ0) is 15.1. The van der Waals surface area contributed by atoms with Crippen molar-refractivity contribution in [3.8, 4) is 11.5 Å². The number of nitrogens with one attached hydrogen (secondary N) is 1. The third-order valence-electron chi connectivity index (χ3n) is 2.78. The van der Waals surface area contributed by atoms with Crippen LogP contribution in [0.1, 0.15) is 37.0 Å². The summed E-state index contributed by atoms with van der Waals surface area (Å²) in [5, 5.41) is 2.69. The Bertz CT molecular complexity index is 528. The molecule has 2 rings (SSSR count). The van der Waals surface area contributed by atoms with Crippen LogP contribution in [-0.4, -0.2) is 31.9 Å². The van der Waals surface area contributed by atoms with Gasteiger partial charge in [0.05, 0.1) is 6.61 Å². The summed E-state index contributed by atoms with van der Waals surface area (Å²) < 4.78 is 15.9. The van der Waals surface area contributed by atoms with Crippen molar-refractivity contribution in [3.05, 3.63) is 23.8 Å². The van der Waals surface area contributed by atoms with Gasteiger partial charge in [0, 0.05) is 12.1 Å². The van der Waals surface area contributed by atoms with Gasteiger partial charge in [-0.05, 0) is 31.0 Å². The number of ether oxygens (including phenoxy) is 3. The Kier molecular flexibility index (Phi) is 5.43. The molecule has 0 unspecified atom stereocenters. The first-order chi connectivity index (χ1) is 10.2. The summed E-state index contributed by atoms with van der Waals surface area (Å²) in [5.41, 5.74) is 0.476. The van der Waals surface area contributed by atoms with Gasteiger partial charge in [-0.2, -0.15) is 0 Å². The first-order valence-corrected chi connectivity index (χ1v) is 7.12. The number of rotatable bonds is 5. The van der Waals surface area contributed by atoms with Gasteiger partial charge in [-0.25, -0.2) is 4.99 Å². The molecule has 1 aromatic carbocycles. The lowest BCUT2D eigenvalue weighted by Gasteiger charge is -2.10. The normalized spacial score (nSPS) is 13.1. The molecule has 0 aromatic heterocycles. The van der Waals surface area contributed by atoms with Crippen LogP contribution in [0.5, 0.6) is 11.5 Å². The molecule has 0 saturated carbocycles. The molecule has 1 aliphatic rings. The summed E-state index contributed by atoms with van der Waals surface area (Å²) in [6.45, 7) is 5.32. The molecule has 0 spiro atoms. The summed E-state index contributed by atoms with van der Waals surface area (Å²) >= 11 is 0. The van der Waals surface area contributed by atoms with Crippen molar-refractivity contribution in [2.75, 3.05) is 19.9 Å². The molecule has 1 heterocycles. The van der Waals surface area contributed by atoms with E-state index < -0.39 is 0 Å². The minimum atomic E-state index is -0.278. The van der Waals surface area contributed by atoms with E-state index in [9.17, 15) is 4.79 Å². The largest absolute Gasteiger partial charge is 0.465 e. The highest BCUT2D eigenvalue weighted by Gasteiger charge is 2.17. The maximum atomic E-state index is 12.2. The predicted molar refractivity (Wildman–Crippen MR) is 78.9 cm³/mol. The van der Waals surface area contributed by atoms with Crippen molar-refractivity contribution in [2.24, 2.45) is 4.99 Å². The lowest BCUT2D eigenvalue weighted by molar-refractivity contribution is 0.0965. The number of benzene rings is 1. The Morgan fingerprint density at radius 3 is 2.86 bits per heavy atom. The molecule has 6 heteroatoms. The average molecular weight is 292 g/mol. The molecular formula is C15H20N2O4. The Morgan fingerprint density at radius 1 is 1.29 bits per heavy atom. The topological polar surface area (TPSA) is 69.2 Å². The van der Waals surface area contributed by atoms with E-state index in [0.29, 0.717) is 30.2 Å². The zero-order valence-electron chi connectivity index (χ0n) is 12.3. The molecule has 1 aliphatic heterocycles. The van der Waals surface area contributed by atoms with E-state index in [2.05, 4.69) is 10.3 Å². The molecule has 21 heavy (non-hydrogen) atoms. The second-order valence-electron chi connectivity index (χ2n) is 4.56. The van der Waals surface area contributed by atoms with E-state index in [1.54, 1.807) is 18.2 Å². The van der Waals surface area contributed by atoms with Gasteiger partial charge in [-0.15, -0.1) is 0 Å². The number of hydrogen-bond acceptors (Lipinski definition) is 5. The van der Waals surface area contributed by atoms with Crippen LogP contribution < -0.4 is 14.8 Å². The number of aliphatic imine (C=N–C) groups is 1. The number of nitrogens with zero attached hydrogens (tertiary/aromatic N) is 1. The highest BCUT2D eigenvalue weighted by atomic mass is 16.7. The van der Waals surface area contributed by atoms with Crippen molar-refractivity contribution in [1.82, 2.24) is 5.32 Å². The first kappa shape index (κ1) is 15.2. The molecule has 1 N–H and O–H groups in total. The molecule has 0 atom stereocenters. The third-order valence-corrected chi connectivity index (χ3v) is 2.78. The lowest BCUT2D eigenvalue weighted by Crippen LogP contribution is -2.33. The summed E-state index contributed by atoms with van der Waals surface area (Å²) in [4.78, 5) is 16.4. The van der Waals surface area contributed by atoms with Crippen molar-refractivity contribution < 1.29 is 19.0 Å². The van der Waals surface area contributed by atoms with Gasteiger partial charge in [0.2, 0.25) is 6.79 Å². The fourth-order valence-electron chi connectivity index (χ4n) is 1.74. The highest BCUT2D eigenvalue weighted by Crippen LogP contribution is 2.32. The Hall–Kier alpha value is -2.24. The second kappa shape index (κ2) is 7.52. The van der Waals surface area contributed by atoms with Crippen molar-refractivity contribution in [1.29, 1.82) is 0 Å². The van der Waals surface area contributed by atoms with Crippen LogP contribution in [0.25, 0.3) is 0 Å². The van der Waals surface area contributed by atoms with E-state index in [1.165, 1.54) is 0 Å². The number of amides is 1. The molecule has 6 nitrogen and oxygen atoms in total. The molecule has 0 aliphatic carbocycles. The molecule has 114 valence electrons. The van der Waals surface area contributed by atoms with Gasteiger partial charge in [0.15, 0.2) is 11.5 Å². The van der Waals surface area contributed by atoms with E-state index >= 15 is 0 Å². The van der Waals surface area contributed by atoms with E-state index in [-0.39, 0.29) is 18.7 Å². The highest BCUT2D eigenvalue weighted by molar-refractivity contribution is 6.04. The van der Waals surface area contributed by atoms with Gasteiger partial charge in [-0.1, -0.05) is 13.8 Å². The first-order valence-electron chi connectivity index (χ1n) is 7.12. The predicted octanol–water partition coefficient (Wildman–Crippen LogP) is 2.34. The van der Waals surface area contributed by atoms with Crippen molar-refractivity contribution in [3.63, 3.8) is 0 Å². The fourth-order valence-corrected chi connectivity index (χ4v) is 1.74. The fraction of sp³-hybridized carbons (Fsp3) is 0.467. The summed E-state index contributed by atoms with van der Waals surface area (Å²) in [7, 11) is 0. The second-order valence-corrected chi connectivity index (χ2v) is 4.56. The van der Waals surface area contributed by atoms with Crippen molar-refractivity contribution >= 4 is 11.9 Å². The van der Waals surface area contributed by atoms with E-state index in [1.807, 2.05) is 13.8 Å². The number of carbonyl (C=O) groups is 1. The molecule has 1 aromatic rings. The Balaban J connectivity index is 2.04. The van der Waals surface area contributed by atoms with Crippen LogP contribution in [0.3, 0.4) is 0 Å². The van der Waals surface area contributed by atoms with E-state index in [0.717, 1.165) is 12.8 Å². The molecular weight excluding hydrogens is 272 g/mol. The van der Waals surface area contributed by atoms with Crippen LogP contribution in [0.15, 0.2) is 23.2 Å². The maximum Gasteiger partial charge on any atom is 0.291 e. The van der Waals surface area contributed by atoms with Gasteiger partial charge in [0.1, 0.15) is 0 Å². The van der Waals surface area contributed by atoms with Crippen LogP contribution in [0.4, 0.5) is 0 Å². The lowest BCUT2D eigenvalue weighted by atomic mass is 10.2. The number of hydrogen-bond donors (Lipinski definition) is 1. The molecule has 0 saturated heterocycles. The van der Waals surface area contributed by atoms with Crippen molar-refractivity contribution in [2.45, 2.75) is 26.7 Å². The Labute approximate surface area is 124 Å². The zero-order valence-corrected chi connectivity index (χ0v) is 12.3. The standard InChI is InChI=1S/C15H20N2O4/c1-3-7-16-15(19-8-4-2)17-14(18)11-5-6-12-13(9-11)21-10-20-12/h5-6,9H,3-4,7-8,10H2,1-2H3,(H,16,17,18). The Morgan fingerprint density at radius 2 is 2.10 bits per heavy atom. The SMILES string of the molecule is CCCN=C(NC(=O)c1ccc2c(c1)OCO2)OCCC. The van der Waals surface area contributed by atoms with E-state index in [4.69, 9.17) is 14.2 Å². The third kappa shape index (κ3) is 4.11. The minimum Gasteiger partial charge on any atom is -0.465 e. The molecule has 1 amide bonds. The van der Waals surface area contributed by atoms with Crippen LogP contribution in [-0.2, 0) is 4.74 Å². The van der Waals surface area contributed by atoms with Gasteiger partial charge >= 0.3 is 0 Å². The summed E-state index contributed by atoms with van der Waals surface area (Å²) in [5.74, 6) is 0.942. The number of amidine groups is 1. The van der Waals surface area contributed by atoms with Gasteiger partial charge < -0.3 is 14.2 Å². The molecule has 0 radical (unpaired) electrons. The quantitative estimate of drug-likeness (QED) is 0.668. The monoisotopic (exact) mass is 292 g/mol. The van der Waals surface area contributed by atoms with Gasteiger partial charge in [-0.3, -0.25) is 10.1 Å². The number of carbonyl (C=O) groups excluding carboxylic acids is 1. The molecule has 0 fully saturated rings. The summed E-state index contributed by atoms with van der Waals surface area (Å²) in [6.07, 6.45) is 1.74. The minimum absolute atomic E-state index is 0.184. The summed E-state index contributed by atoms with van der Waals surface area (Å²) in [6, 6.07) is 5.31.